The molecular formula is C9H6BrClOS. The first kappa shape index (κ1) is 9.31. The smallest absolute Gasteiger partial charge is 0.134 e. The minimum absolute atomic E-state index is 0.311. The SMILES string of the molecule is Oc1cc(Br)c(CCl)c2ccsc12. The zero-order valence-electron chi connectivity index (χ0n) is 6.55. The molecule has 0 amide bonds. The van der Waals surface area contributed by atoms with Gasteiger partial charge in [-0.05, 0) is 23.1 Å². The van der Waals surface area contributed by atoms with Crippen LogP contribution in [0.4, 0.5) is 0 Å². The molecule has 0 bridgehead atoms. The number of fused-ring (bicyclic) bond motifs is 1. The summed E-state index contributed by atoms with van der Waals surface area (Å²) < 4.78 is 1.77. The number of aromatic hydroxyl groups is 1. The van der Waals surface area contributed by atoms with Crippen LogP contribution in [0, 0.1) is 0 Å². The summed E-state index contributed by atoms with van der Waals surface area (Å²) in [7, 11) is 0. The normalized spacial score (nSPS) is 10.9. The molecule has 1 nitrogen and oxygen atoms in total. The standard InChI is InChI=1S/C9H6BrClOS/c10-7-3-8(12)9-5(1-2-13-9)6(7)4-11/h1-3,12H,4H2. The number of alkyl halides is 1. The highest BCUT2D eigenvalue weighted by Gasteiger charge is 2.09. The molecule has 0 fully saturated rings. The summed E-state index contributed by atoms with van der Waals surface area (Å²) in [4.78, 5) is 0. The van der Waals surface area contributed by atoms with Gasteiger partial charge in [-0.25, -0.2) is 0 Å². The summed E-state index contributed by atoms with van der Waals surface area (Å²) in [5.74, 6) is 0.763. The van der Waals surface area contributed by atoms with E-state index in [1.165, 1.54) is 11.3 Å². The van der Waals surface area contributed by atoms with Crippen molar-refractivity contribution in [2.75, 3.05) is 0 Å². The molecule has 2 aromatic rings. The Balaban J connectivity index is 2.88. The van der Waals surface area contributed by atoms with E-state index in [0.29, 0.717) is 11.6 Å². The number of halogens is 2. The number of hydrogen-bond acceptors (Lipinski definition) is 2. The molecule has 1 aromatic carbocycles. The van der Waals surface area contributed by atoms with Crippen LogP contribution in [0.25, 0.3) is 10.1 Å². The Morgan fingerprint density at radius 1 is 1.54 bits per heavy atom. The third kappa shape index (κ3) is 1.45. The molecule has 0 aliphatic rings. The second kappa shape index (κ2) is 3.48. The van der Waals surface area contributed by atoms with Crippen LogP contribution < -0.4 is 0 Å². The molecule has 1 N–H and O–H groups in total. The van der Waals surface area contributed by atoms with Crippen molar-refractivity contribution in [1.82, 2.24) is 0 Å². The van der Waals surface area contributed by atoms with E-state index >= 15 is 0 Å². The van der Waals surface area contributed by atoms with Gasteiger partial charge < -0.3 is 5.11 Å². The predicted octanol–water partition coefficient (Wildman–Crippen LogP) is 4.11. The van der Waals surface area contributed by atoms with Crippen LogP contribution in [-0.4, -0.2) is 5.11 Å². The number of benzene rings is 1. The average molecular weight is 278 g/mol. The molecule has 0 atom stereocenters. The first-order valence-electron chi connectivity index (χ1n) is 3.67. The van der Waals surface area contributed by atoms with Crippen LogP contribution >= 0.6 is 38.9 Å². The quantitative estimate of drug-likeness (QED) is 0.778. The zero-order valence-corrected chi connectivity index (χ0v) is 9.71. The molecule has 0 radical (unpaired) electrons. The molecule has 68 valence electrons. The fourth-order valence-corrected chi connectivity index (χ4v) is 3.14. The van der Waals surface area contributed by atoms with Gasteiger partial charge in [0.1, 0.15) is 5.75 Å². The monoisotopic (exact) mass is 276 g/mol. The van der Waals surface area contributed by atoms with E-state index in [-0.39, 0.29) is 0 Å². The van der Waals surface area contributed by atoms with Gasteiger partial charge in [0.25, 0.3) is 0 Å². The molecule has 2 rings (SSSR count). The van der Waals surface area contributed by atoms with Crippen molar-refractivity contribution in [2.45, 2.75) is 5.88 Å². The number of thiophene rings is 1. The van der Waals surface area contributed by atoms with Crippen molar-refractivity contribution in [3.63, 3.8) is 0 Å². The van der Waals surface area contributed by atoms with Gasteiger partial charge >= 0.3 is 0 Å². The van der Waals surface area contributed by atoms with Gasteiger partial charge in [-0.2, -0.15) is 0 Å². The highest BCUT2D eigenvalue weighted by atomic mass is 79.9. The van der Waals surface area contributed by atoms with E-state index in [9.17, 15) is 5.11 Å². The topological polar surface area (TPSA) is 20.2 Å². The molecular weight excluding hydrogens is 272 g/mol. The molecule has 0 unspecified atom stereocenters. The van der Waals surface area contributed by atoms with Gasteiger partial charge in [0, 0.05) is 15.7 Å². The molecule has 1 heterocycles. The molecule has 0 saturated heterocycles. The second-order valence-electron chi connectivity index (χ2n) is 2.65. The number of hydrogen-bond donors (Lipinski definition) is 1. The number of rotatable bonds is 1. The summed E-state index contributed by atoms with van der Waals surface area (Å²) in [5, 5.41) is 12.6. The van der Waals surface area contributed by atoms with Crippen molar-refractivity contribution >= 4 is 49.0 Å². The maximum absolute atomic E-state index is 9.60. The maximum Gasteiger partial charge on any atom is 0.134 e. The van der Waals surface area contributed by atoms with Crippen LogP contribution in [-0.2, 0) is 5.88 Å². The Morgan fingerprint density at radius 2 is 2.31 bits per heavy atom. The Kier molecular flexibility index (Phi) is 2.49. The van der Waals surface area contributed by atoms with E-state index in [1.54, 1.807) is 6.07 Å². The average Bonchev–Trinajstić information content (AvgIpc) is 2.53. The van der Waals surface area contributed by atoms with Crippen molar-refractivity contribution < 1.29 is 5.11 Å². The van der Waals surface area contributed by atoms with Crippen molar-refractivity contribution in [3.8, 4) is 5.75 Å². The van der Waals surface area contributed by atoms with Gasteiger partial charge in [-0.15, -0.1) is 22.9 Å². The Bertz CT molecular complexity index is 452. The van der Waals surface area contributed by atoms with Gasteiger partial charge in [-0.1, -0.05) is 15.9 Å². The van der Waals surface area contributed by atoms with Gasteiger partial charge in [0.15, 0.2) is 0 Å². The molecule has 0 spiro atoms. The summed E-state index contributed by atoms with van der Waals surface area (Å²) >= 11 is 10.7. The van der Waals surface area contributed by atoms with E-state index in [2.05, 4.69) is 15.9 Å². The predicted molar refractivity (Wildman–Crippen MR) is 60.7 cm³/mol. The van der Waals surface area contributed by atoms with Gasteiger partial charge in [0.2, 0.25) is 0 Å². The lowest BCUT2D eigenvalue weighted by molar-refractivity contribution is 0.482. The van der Waals surface area contributed by atoms with E-state index in [4.69, 9.17) is 11.6 Å². The first-order valence-corrected chi connectivity index (χ1v) is 5.88. The van der Waals surface area contributed by atoms with Crippen LogP contribution in [0.5, 0.6) is 5.75 Å². The molecule has 13 heavy (non-hydrogen) atoms. The summed E-state index contributed by atoms with van der Waals surface area (Å²) in [6.45, 7) is 0. The van der Waals surface area contributed by atoms with Crippen molar-refractivity contribution in [1.29, 1.82) is 0 Å². The van der Waals surface area contributed by atoms with Crippen LogP contribution in [0.3, 0.4) is 0 Å². The minimum Gasteiger partial charge on any atom is -0.506 e. The highest BCUT2D eigenvalue weighted by Crippen LogP contribution is 2.37. The minimum atomic E-state index is 0.311. The molecule has 0 saturated carbocycles. The highest BCUT2D eigenvalue weighted by molar-refractivity contribution is 9.10. The van der Waals surface area contributed by atoms with Crippen LogP contribution in [0.2, 0.25) is 0 Å². The number of phenols is 1. The van der Waals surface area contributed by atoms with Crippen LogP contribution in [0.1, 0.15) is 5.56 Å². The van der Waals surface area contributed by atoms with Crippen molar-refractivity contribution in [3.05, 3.63) is 27.5 Å². The third-order valence-electron chi connectivity index (χ3n) is 1.91. The van der Waals surface area contributed by atoms with Gasteiger partial charge in [-0.3, -0.25) is 0 Å². The van der Waals surface area contributed by atoms with E-state index in [1.807, 2.05) is 11.4 Å². The van der Waals surface area contributed by atoms with E-state index in [0.717, 1.165) is 20.1 Å². The molecule has 0 aliphatic carbocycles. The second-order valence-corrected chi connectivity index (χ2v) is 4.69. The fourth-order valence-electron chi connectivity index (χ4n) is 1.28. The number of phenolic OH excluding ortho intramolecular Hbond substituents is 1. The Labute approximate surface area is 93.1 Å². The summed E-state index contributed by atoms with van der Waals surface area (Å²) in [6.07, 6.45) is 0. The van der Waals surface area contributed by atoms with E-state index < -0.39 is 0 Å². The lowest BCUT2D eigenvalue weighted by atomic mass is 10.1. The maximum atomic E-state index is 9.60. The third-order valence-corrected chi connectivity index (χ3v) is 3.82. The zero-order chi connectivity index (χ0) is 9.42. The molecule has 0 aliphatic heterocycles. The van der Waals surface area contributed by atoms with Gasteiger partial charge in [0.05, 0.1) is 4.70 Å². The summed E-state index contributed by atoms with van der Waals surface area (Å²) in [5.41, 5.74) is 1.04. The molecule has 4 heteroatoms. The van der Waals surface area contributed by atoms with Crippen molar-refractivity contribution in [2.24, 2.45) is 0 Å². The Hall–Kier alpha value is -0.250. The van der Waals surface area contributed by atoms with Crippen LogP contribution in [0.15, 0.2) is 22.0 Å². The lowest BCUT2D eigenvalue weighted by Crippen LogP contribution is -1.81. The lowest BCUT2D eigenvalue weighted by Gasteiger charge is -2.03. The molecule has 1 aromatic heterocycles. The Morgan fingerprint density at radius 3 is 3.00 bits per heavy atom. The first-order chi connectivity index (χ1) is 6.24. The summed E-state index contributed by atoms with van der Waals surface area (Å²) in [6, 6.07) is 3.67. The largest absolute Gasteiger partial charge is 0.506 e. The fraction of sp³-hybridized carbons (Fsp3) is 0.111.